The van der Waals surface area contributed by atoms with Crippen LogP contribution >= 0.6 is 0 Å². The second kappa shape index (κ2) is 7.19. The highest BCUT2D eigenvalue weighted by Crippen LogP contribution is 2.19. The number of hydrogen-bond donors (Lipinski definition) is 0. The summed E-state index contributed by atoms with van der Waals surface area (Å²) >= 11 is 0. The van der Waals surface area contributed by atoms with Crippen LogP contribution in [0.25, 0.3) is 0 Å². The Morgan fingerprint density at radius 2 is 1.70 bits per heavy atom. The summed E-state index contributed by atoms with van der Waals surface area (Å²) < 4.78 is 27.1. The SMILES string of the molecule is CO[Si](Cc1ccc(OCCC2CO2)cc1)(OC)OC. The minimum absolute atomic E-state index is 0.408. The maximum atomic E-state index is 5.66. The zero-order valence-electron chi connectivity index (χ0n) is 12.3. The molecule has 1 unspecified atom stereocenters. The summed E-state index contributed by atoms with van der Waals surface area (Å²) in [4.78, 5) is 0. The van der Waals surface area contributed by atoms with Crippen LogP contribution in [0.3, 0.4) is 0 Å². The summed E-state index contributed by atoms with van der Waals surface area (Å²) in [5.74, 6) is 0.869. The molecule has 0 spiro atoms. The third-order valence-corrected chi connectivity index (χ3v) is 6.10. The van der Waals surface area contributed by atoms with Crippen LogP contribution in [-0.4, -0.2) is 49.5 Å². The summed E-state index contributed by atoms with van der Waals surface area (Å²) in [5.41, 5.74) is 1.11. The van der Waals surface area contributed by atoms with Gasteiger partial charge in [-0.1, -0.05) is 12.1 Å². The van der Waals surface area contributed by atoms with Gasteiger partial charge in [0.1, 0.15) is 5.75 Å². The van der Waals surface area contributed by atoms with Crippen molar-refractivity contribution < 1.29 is 22.8 Å². The molecule has 112 valence electrons. The second-order valence-corrected chi connectivity index (χ2v) is 7.65. The standard InChI is InChI=1S/C14H22O5Si/c1-15-20(16-2,17-3)11-12-4-6-13(7-5-12)18-9-8-14-10-19-14/h4-7,14H,8-11H2,1-3H3. The fraction of sp³-hybridized carbons (Fsp3) is 0.571. The monoisotopic (exact) mass is 298 g/mol. The molecule has 1 aromatic rings. The van der Waals surface area contributed by atoms with Crippen molar-refractivity contribution in [2.75, 3.05) is 34.5 Å². The van der Waals surface area contributed by atoms with Crippen molar-refractivity contribution in [1.29, 1.82) is 0 Å². The molecule has 0 aromatic heterocycles. The van der Waals surface area contributed by atoms with Crippen LogP contribution in [0.15, 0.2) is 24.3 Å². The van der Waals surface area contributed by atoms with E-state index in [0.29, 0.717) is 18.8 Å². The first-order valence-corrected chi connectivity index (χ1v) is 8.63. The van der Waals surface area contributed by atoms with E-state index in [1.807, 2.05) is 24.3 Å². The zero-order chi connectivity index (χ0) is 14.4. The van der Waals surface area contributed by atoms with Gasteiger partial charge in [0.25, 0.3) is 0 Å². The lowest BCUT2D eigenvalue weighted by Crippen LogP contribution is -2.45. The van der Waals surface area contributed by atoms with Gasteiger partial charge in [0.05, 0.1) is 19.3 Å². The Bertz CT molecular complexity index is 392. The van der Waals surface area contributed by atoms with Crippen LogP contribution < -0.4 is 4.74 Å². The van der Waals surface area contributed by atoms with Crippen molar-refractivity contribution in [3.63, 3.8) is 0 Å². The van der Waals surface area contributed by atoms with Gasteiger partial charge in [0.2, 0.25) is 0 Å². The van der Waals surface area contributed by atoms with E-state index in [0.717, 1.165) is 24.3 Å². The minimum Gasteiger partial charge on any atom is -0.493 e. The highest BCUT2D eigenvalue weighted by atomic mass is 28.4. The number of benzene rings is 1. The van der Waals surface area contributed by atoms with Gasteiger partial charge in [-0.2, -0.15) is 0 Å². The largest absolute Gasteiger partial charge is 0.504 e. The molecule has 1 aliphatic heterocycles. The van der Waals surface area contributed by atoms with E-state index in [1.165, 1.54) is 0 Å². The van der Waals surface area contributed by atoms with Crippen LogP contribution in [0.1, 0.15) is 12.0 Å². The first kappa shape index (κ1) is 15.5. The first-order valence-electron chi connectivity index (χ1n) is 6.70. The molecule has 6 heteroatoms. The van der Waals surface area contributed by atoms with Crippen LogP contribution in [-0.2, 0) is 24.1 Å². The molecule has 20 heavy (non-hydrogen) atoms. The van der Waals surface area contributed by atoms with Gasteiger partial charge in [0, 0.05) is 33.8 Å². The van der Waals surface area contributed by atoms with Crippen molar-refractivity contribution in [2.45, 2.75) is 18.6 Å². The van der Waals surface area contributed by atoms with Crippen molar-refractivity contribution in [3.05, 3.63) is 29.8 Å². The highest BCUT2D eigenvalue weighted by molar-refractivity contribution is 6.60. The molecule has 1 aromatic carbocycles. The van der Waals surface area contributed by atoms with Crippen molar-refractivity contribution in [3.8, 4) is 5.75 Å². The summed E-state index contributed by atoms with van der Waals surface area (Å²) in [6.45, 7) is 1.57. The van der Waals surface area contributed by atoms with Crippen LogP contribution in [0.4, 0.5) is 0 Å². The number of hydrogen-bond acceptors (Lipinski definition) is 5. The molecule has 0 radical (unpaired) electrons. The molecule has 1 saturated heterocycles. The Morgan fingerprint density at radius 3 is 2.20 bits per heavy atom. The smallest absolute Gasteiger partial charge is 0.493 e. The quantitative estimate of drug-likeness (QED) is 0.514. The van der Waals surface area contributed by atoms with Gasteiger partial charge >= 0.3 is 8.80 Å². The molecule has 1 aliphatic rings. The van der Waals surface area contributed by atoms with Gasteiger partial charge in [-0.3, -0.25) is 0 Å². The number of ether oxygens (including phenoxy) is 2. The Balaban J connectivity index is 1.86. The van der Waals surface area contributed by atoms with Crippen LogP contribution in [0.5, 0.6) is 5.75 Å². The molecule has 0 amide bonds. The third-order valence-electron chi connectivity index (χ3n) is 3.39. The molecular formula is C14H22O5Si. The zero-order valence-corrected chi connectivity index (χ0v) is 13.3. The fourth-order valence-electron chi connectivity index (χ4n) is 1.96. The Kier molecular flexibility index (Phi) is 5.56. The van der Waals surface area contributed by atoms with Gasteiger partial charge in [-0.25, -0.2) is 0 Å². The van der Waals surface area contributed by atoms with Crippen molar-refractivity contribution in [1.82, 2.24) is 0 Å². The van der Waals surface area contributed by atoms with E-state index in [1.54, 1.807) is 21.3 Å². The van der Waals surface area contributed by atoms with E-state index in [4.69, 9.17) is 22.8 Å². The van der Waals surface area contributed by atoms with Gasteiger partial charge in [0.15, 0.2) is 0 Å². The van der Waals surface area contributed by atoms with Crippen molar-refractivity contribution >= 4 is 8.80 Å². The molecule has 1 fully saturated rings. The van der Waals surface area contributed by atoms with Crippen molar-refractivity contribution in [2.24, 2.45) is 0 Å². The first-order chi connectivity index (χ1) is 9.71. The van der Waals surface area contributed by atoms with Crippen LogP contribution in [0, 0.1) is 0 Å². The lowest BCUT2D eigenvalue weighted by molar-refractivity contribution is 0.122. The predicted octanol–water partition coefficient (Wildman–Crippen LogP) is 1.81. The van der Waals surface area contributed by atoms with E-state index >= 15 is 0 Å². The summed E-state index contributed by atoms with van der Waals surface area (Å²) in [6, 6.07) is 8.60. The van der Waals surface area contributed by atoms with Gasteiger partial charge < -0.3 is 22.8 Å². The molecule has 0 aliphatic carbocycles. The summed E-state index contributed by atoms with van der Waals surface area (Å²) in [5, 5.41) is 0. The van der Waals surface area contributed by atoms with E-state index in [-0.39, 0.29) is 0 Å². The molecular weight excluding hydrogens is 276 g/mol. The van der Waals surface area contributed by atoms with Crippen LogP contribution in [0.2, 0.25) is 0 Å². The Labute approximate surface area is 121 Å². The maximum Gasteiger partial charge on any atom is 0.504 e. The molecule has 5 nitrogen and oxygen atoms in total. The maximum absolute atomic E-state index is 5.66. The second-order valence-electron chi connectivity index (χ2n) is 4.71. The molecule has 1 heterocycles. The van der Waals surface area contributed by atoms with Gasteiger partial charge in [-0.15, -0.1) is 0 Å². The van der Waals surface area contributed by atoms with E-state index in [2.05, 4.69) is 0 Å². The number of epoxide rings is 1. The summed E-state index contributed by atoms with van der Waals surface area (Å²) in [6.07, 6.45) is 1.36. The minimum atomic E-state index is -2.56. The molecule has 1 atom stereocenters. The highest BCUT2D eigenvalue weighted by Gasteiger charge is 2.37. The average Bonchev–Trinajstić information content (AvgIpc) is 3.31. The average molecular weight is 298 g/mol. The third kappa shape index (κ3) is 4.29. The number of rotatable bonds is 9. The lowest BCUT2D eigenvalue weighted by atomic mass is 10.2. The van der Waals surface area contributed by atoms with E-state index in [9.17, 15) is 0 Å². The topological polar surface area (TPSA) is 49.5 Å². The predicted molar refractivity (Wildman–Crippen MR) is 76.8 cm³/mol. The molecule has 0 saturated carbocycles. The molecule has 0 bridgehead atoms. The van der Waals surface area contributed by atoms with Gasteiger partial charge in [-0.05, 0) is 17.7 Å². The normalized spacial score (nSPS) is 18.1. The molecule has 0 N–H and O–H groups in total. The van der Waals surface area contributed by atoms with E-state index < -0.39 is 8.80 Å². The summed E-state index contributed by atoms with van der Waals surface area (Å²) in [7, 11) is 2.30. The fourth-order valence-corrected chi connectivity index (χ4v) is 3.63. The lowest BCUT2D eigenvalue weighted by Gasteiger charge is -2.24. The molecule has 2 rings (SSSR count). The Morgan fingerprint density at radius 1 is 1.10 bits per heavy atom. The Hall–Kier alpha value is -0.923.